The largest absolute Gasteiger partial charge is 0.480 e. The molecule has 1 heterocycles. The minimum atomic E-state index is -1.07. The average Bonchev–Trinajstić information content (AvgIpc) is 2.47. The highest BCUT2D eigenvalue weighted by atomic mass is 16.4. The van der Waals surface area contributed by atoms with Crippen LogP contribution in [0.4, 0.5) is 0 Å². The molecule has 6 heteroatoms. The van der Waals surface area contributed by atoms with Crippen LogP contribution in [-0.4, -0.2) is 60.7 Å². The van der Waals surface area contributed by atoms with Gasteiger partial charge in [0, 0.05) is 13.2 Å². The zero-order chi connectivity index (χ0) is 15.7. The van der Waals surface area contributed by atoms with Crippen LogP contribution in [0.5, 0.6) is 0 Å². The molecule has 0 spiro atoms. The van der Waals surface area contributed by atoms with E-state index >= 15 is 0 Å². The van der Waals surface area contributed by atoms with Crippen molar-refractivity contribution in [2.45, 2.75) is 56.8 Å². The highest BCUT2D eigenvalue weighted by Gasteiger charge is 2.33. The average molecular weight is 298 g/mol. The minimum Gasteiger partial charge on any atom is -0.480 e. The molecular weight excluding hydrogens is 267 g/mol. The van der Waals surface area contributed by atoms with E-state index in [0.717, 1.165) is 58.1 Å². The minimum absolute atomic E-state index is 0.271. The molecule has 0 unspecified atom stereocenters. The van der Waals surface area contributed by atoms with Gasteiger partial charge in [-0.3, -0.25) is 4.79 Å². The molecule has 4 N–H and O–H groups in total. The van der Waals surface area contributed by atoms with Gasteiger partial charge in [0.2, 0.25) is 0 Å². The first-order valence-corrected chi connectivity index (χ1v) is 8.37. The van der Waals surface area contributed by atoms with Gasteiger partial charge in [-0.2, -0.15) is 0 Å². The SMILES string of the molecule is BCCCC[C@@](N)(CCN1CCC(CCO)CC1)C(=O)O. The quantitative estimate of drug-likeness (QED) is 0.403. The summed E-state index contributed by atoms with van der Waals surface area (Å²) >= 11 is 0. The maximum atomic E-state index is 11.5. The second-order valence-electron chi connectivity index (χ2n) is 6.47. The third kappa shape index (κ3) is 6.37. The van der Waals surface area contributed by atoms with Crippen LogP contribution >= 0.6 is 0 Å². The summed E-state index contributed by atoms with van der Waals surface area (Å²) in [4.78, 5) is 13.8. The standard InChI is InChI=1S/C15H31BN2O3/c16-8-2-1-6-15(17,14(20)21)7-11-18-9-3-13(4-10-18)5-12-19/h13,19H,1-12,16-17H2,(H,20,21)/t15-/m1/s1. The van der Waals surface area contributed by atoms with Crippen molar-refractivity contribution in [2.24, 2.45) is 11.7 Å². The van der Waals surface area contributed by atoms with E-state index in [9.17, 15) is 9.90 Å². The summed E-state index contributed by atoms with van der Waals surface area (Å²) in [5.74, 6) is -0.244. The van der Waals surface area contributed by atoms with Gasteiger partial charge in [0.25, 0.3) is 0 Å². The normalized spacial score (nSPS) is 20.3. The predicted molar refractivity (Wildman–Crippen MR) is 87.2 cm³/mol. The van der Waals surface area contributed by atoms with Gasteiger partial charge in [-0.15, -0.1) is 0 Å². The smallest absolute Gasteiger partial charge is 0.323 e. The van der Waals surface area contributed by atoms with Crippen LogP contribution in [0.3, 0.4) is 0 Å². The van der Waals surface area contributed by atoms with Gasteiger partial charge >= 0.3 is 5.97 Å². The van der Waals surface area contributed by atoms with Crippen molar-refractivity contribution in [3.05, 3.63) is 0 Å². The van der Waals surface area contributed by atoms with Crippen LogP contribution in [0.15, 0.2) is 0 Å². The van der Waals surface area contributed by atoms with E-state index in [1.807, 2.05) is 0 Å². The van der Waals surface area contributed by atoms with Crippen molar-refractivity contribution in [2.75, 3.05) is 26.2 Å². The Balaban J connectivity index is 2.35. The lowest BCUT2D eigenvalue weighted by Gasteiger charge is -2.34. The molecule has 1 rings (SSSR count). The van der Waals surface area contributed by atoms with E-state index in [2.05, 4.69) is 12.7 Å². The molecule has 1 aliphatic rings. The summed E-state index contributed by atoms with van der Waals surface area (Å²) in [6, 6.07) is 0. The molecule has 0 aromatic carbocycles. The molecule has 0 saturated carbocycles. The lowest BCUT2D eigenvalue weighted by Crippen LogP contribution is -2.50. The van der Waals surface area contributed by atoms with Crippen molar-refractivity contribution >= 4 is 13.8 Å². The number of hydrogen-bond donors (Lipinski definition) is 3. The third-order valence-electron chi connectivity index (χ3n) is 4.77. The Labute approximate surface area is 129 Å². The maximum Gasteiger partial charge on any atom is 0.323 e. The number of carboxylic acid groups (broad SMARTS) is 1. The molecule has 5 nitrogen and oxygen atoms in total. The van der Waals surface area contributed by atoms with E-state index < -0.39 is 11.5 Å². The number of unbranched alkanes of at least 4 members (excludes halogenated alkanes) is 1. The molecule has 21 heavy (non-hydrogen) atoms. The molecule has 0 aliphatic carbocycles. The fraction of sp³-hybridized carbons (Fsp3) is 0.933. The van der Waals surface area contributed by atoms with Crippen LogP contribution in [0.25, 0.3) is 0 Å². The van der Waals surface area contributed by atoms with Crippen molar-refractivity contribution in [1.29, 1.82) is 0 Å². The van der Waals surface area contributed by atoms with Gasteiger partial charge in [-0.1, -0.05) is 19.2 Å². The number of aliphatic hydroxyl groups is 1. The van der Waals surface area contributed by atoms with Crippen molar-refractivity contribution in [1.82, 2.24) is 4.90 Å². The lowest BCUT2D eigenvalue weighted by molar-refractivity contribution is -0.144. The first-order chi connectivity index (χ1) is 10.0. The summed E-state index contributed by atoms with van der Waals surface area (Å²) in [7, 11) is 2.11. The predicted octanol–water partition coefficient (Wildman–Crippen LogP) is 0.475. The van der Waals surface area contributed by atoms with Crippen molar-refractivity contribution < 1.29 is 15.0 Å². The van der Waals surface area contributed by atoms with Crippen molar-refractivity contribution in [3.8, 4) is 0 Å². The number of nitrogens with zero attached hydrogens (tertiary/aromatic N) is 1. The summed E-state index contributed by atoms with van der Waals surface area (Å²) in [6.45, 7) is 3.03. The van der Waals surface area contributed by atoms with Crippen LogP contribution in [0, 0.1) is 5.92 Å². The molecule has 0 bridgehead atoms. The topological polar surface area (TPSA) is 86.8 Å². The van der Waals surface area contributed by atoms with Gasteiger partial charge in [0.1, 0.15) is 13.4 Å². The summed E-state index contributed by atoms with van der Waals surface area (Å²) < 4.78 is 0. The Morgan fingerprint density at radius 3 is 2.48 bits per heavy atom. The Bertz CT molecular complexity index is 309. The molecule has 0 radical (unpaired) electrons. The molecule has 0 aromatic heterocycles. The van der Waals surface area contributed by atoms with Gasteiger partial charge in [0.15, 0.2) is 0 Å². The Kier molecular flexibility index (Phi) is 8.30. The molecule has 1 aliphatic heterocycles. The van der Waals surface area contributed by atoms with Crippen LogP contribution in [0.1, 0.15) is 44.9 Å². The molecule has 1 atom stereocenters. The number of rotatable bonds is 10. The fourth-order valence-corrected chi connectivity index (χ4v) is 3.07. The van der Waals surface area contributed by atoms with Gasteiger partial charge < -0.3 is 20.8 Å². The highest BCUT2D eigenvalue weighted by molar-refractivity contribution is 6.08. The Morgan fingerprint density at radius 2 is 1.95 bits per heavy atom. The molecular formula is C15H31BN2O3. The summed E-state index contributed by atoms with van der Waals surface area (Å²) in [5, 5.41) is 18.4. The summed E-state index contributed by atoms with van der Waals surface area (Å²) in [6.07, 6.45) is 7.18. The number of nitrogens with two attached hydrogens (primary N) is 1. The van der Waals surface area contributed by atoms with Crippen LogP contribution in [0.2, 0.25) is 6.32 Å². The number of aliphatic carboxylic acids is 1. The first-order valence-electron chi connectivity index (χ1n) is 8.37. The zero-order valence-corrected chi connectivity index (χ0v) is 13.4. The van der Waals surface area contributed by atoms with Crippen LogP contribution in [-0.2, 0) is 4.79 Å². The lowest BCUT2D eigenvalue weighted by atomic mass is 9.87. The number of carbonyl (C=O) groups is 1. The van der Waals surface area contributed by atoms with Gasteiger partial charge in [-0.25, -0.2) is 0 Å². The Morgan fingerprint density at radius 1 is 1.29 bits per heavy atom. The number of likely N-dealkylation sites (tertiary alicyclic amines) is 1. The van der Waals surface area contributed by atoms with Gasteiger partial charge in [0.05, 0.1) is 0 Å². The molecule has 122 valence electrons. The van der Waals surface area contributed by atoms with E-state index in [-0.39, 0.29) is 6.61 Å². The summed E-state index contributed by atoms with van der Waals surface area (Å²) in [5.41, 5.74) is 5.04. The van der Waals surface area contributed by atoms with E-state index in [4.69, 9.17) is 10.8 Å². The highest BCUT2D eigenvalue weighted by Crippen LogP contribution is 2.22. The van der Waals surface area contributed by atoms with E-state index in [0.29, 0.717) is 18.8 Å². The number of piperidine rings is 1. The zero-order valence-electron chi connectivity index (χ0n) is 13.4. The molecule has 0 aromatic rings. The first kappa shape index (κ1) is 18.5. The van der Waals surface area contributed by atoms with E-state index in [1.165, 1.54) is 0 Å². The molecule has 0 amide bonds. The Hall–Kier alpha value is -0.585. The molecule has 1 fully saturated rings. The second kappa shape index (κ2) is 9.44. The maximum absolute atomic E-state index is 11.5. The van der Waals surface area contributed by atoms with Crippen molar-refractivity contribution in [3.63, 3.8) is 0 Å². The monoisotopic (exact) mass is 298 g/mol. The molecule has 1 saturated heterocycles. The number of hydrogen-bond acceptors (Lipinski definition) is 4. The van der Waals surface area contributed by atoms with Gasteiger partial charge in [-0.05, 0) is 51.1 Å². The fourth-order valence-electron chi connectivity index (χ4n) is 3.07. The van der Waals surface area contributed by atoms with Crippen LogP contribution < -0.4 is 5.73 Å². The second-order valence-corrected chi connectivity index (χ2v) is 6.47. The van der Waals surface area contributed by atoms with E-state index in [1.54, 1.807) is 0 Å². The number of carboxylic acids is 1. The third-order valence-corrected chi connectivity index (χ3v) is 4.77. The number of aliphatic hydroxyl groups excluding tert-OH is 1.